The molecule has 0 aliphatic carbocycles. The van der Waals surface area contributed by atoms with Crippen LogP contribution in [0.4, 0.5) is 0 Å². The third-order valence-corrected chi connectivity index (χ3v) is 0.616. The van der Waals surface area contributed by atoms with E-state index < -0.39 is 10.1 Å². The van der Waals surface area contributed by atoms with Crippen LogP contribution in [-0.4, -0.2) is 31.2 Å². The molecule has 1 amide bonds. The van der Waals surface area contributed by atoms with Crippen molar-refractivity contribution in [1.82, 2.24) is 5.32 Å². The van der Waals surface area contributed by atoms with Gasteiger partial charge in [-0.15, -0.1) is 0 Å². The summed E-state index contributed by atoms with van der Waals surface area (Å²) in [6.07, 6.45) is 1.98. The molecule has 2 N–H and O–H groups in total. The Morgan fingerprint density at radius 1 is 1.54 bits per heavy atom. The molecule has 6 heteroatoms. The maximum absolute atomic E-state index is 10.4. The Balaban J connectivity index is 0. The predicted molar refractivity (Wildman–Crippen MR) is 50.9 cm³/mol. The zero-order chi connectivity index (χ0) is 11.1. The topological polar surface area (TPSA) is 83.5 Å². The second-order valence-corrected chi connectivity index (χ2v) is 4.07. The number of hydrogen-bond acceptors (Lipinski definition) is 3. The molecule has 0 heterocycles. The zero-order valence-corrected chi connectivity index (χ0v) is 8.76. The van der Waals surface area contributed by atoms with Gasteiger partial charge in [0.15, 0.2) is 0 Å². The zero-order valence-electron chi connectivity index (χ0n) is 7.94. The highest BCUT2D eigenvalue weighted by atomic mass is 32.2. The molecule has 78 valence electrons. The fourth-order valence-corrected chi connectivity index (χ4v) is 0.343. The second-order valence-electron chi connectivity index (χ2n) is 2.60. The lowest BCUT2D eigenvalue weighted by molar-refractivity contribution is -0.116. The van der Waals surface area contributed by atoms with Gasteiger partial charge in [-0.05, 0) is 19.9 Å². The van der Waals surface area contributed by atoms with Crippen molar-refractivity contribution in [3.8, 4) is 0 Å². The summed E-state index contributed by atoms with van der Waals surface area (Å²) in [5.41, 5.74) is 0. The molecule has 0 saturated heterocycles. The highest BCUT2D eigenvalue weighted by Crippen LogP contribution is 1.75. The van der Waals surface area contributed by atoms with E-state index >= 15 is 0 Å². The first kappa shape index (κ1) is 14.6. The van der Waals surface area contributed by atoms with Gasteiger partial charge in [-0.25, -0.2) is 0 Å². The smallest absolute Gasteiger partial charge is 0.261 e. The Labute approximate surface area is 78.6 Å². The number of carbonyl (C=O) groups is 1. The molecule has 0 aromatic rings. The summed E-state index contributed by atoms with van der Waals surface area (Å²) in [6, 6.07) is 0.209. The summed E-state index contributed by atoms with van der Waals surface area (Å²) in [6.45, 7) is 7.11. The molecule has 0 rings (SSSR count). The molecule has 0 radical (unpaired) electrons. The van der Waals surface area contributed by atoms with E-state index in [2.05, 4.69) is 11.9 Å². The van der Waals surface area contributed by atoms with Crippen molar-refractivity contribution in [2.75, 3.05) is 6.26 Å². The van der Waals surface area contributed by atoms with Crippen LogP contribution < -0.4 is 5.32 Å². The fourth-order valence-electron chi connectivity index (χ4n) is 0.343. The lowest BCUT2D eigenvalue weighted by Gasteiger charge is -2.02. The Hall–Kier alpha value is -0.880. The fraction of sp³-hybridized carbons (Fsp3) is 0.571. The van der Waals surface area contributed by atoms with Crippen LogP contribution in [0.3, 0.4) is 0 Å². The Morgan fingerprint density at radius 2 is 1.85 bits per heavy atom. The predicted octanol–water partition coefficient (Wildman–Crippen LogP) is 0.201. The van der Waals surface area contributed by atoms with E-state index in [4.69, 9.17) is 4.55 Å². The molecule has 0 saturated carbocycles. The summed E-state index contributed by atoms with van der Waals surface area (Å²) in [5, 5.41) is 2.64. The van der Waals surface area contributed by atoms with E-state index in [9.17, 15) is 13.2 Å². The molecule has 0 aliphatic rings. The van der Waals surface area contributed by atoms with E-state index in [0.29, 0.717) is 6.26 Å². The van der Waals surface area contributed by atoms with Crippen LogP contribution in [0.15, 0.2) is 12.7 Å². The quantitative estimate of drug-likeness (QED) is 0.502. The normalized spacial score (nSPS) is 9.92. The average Bonchev–Trinajstić information content (AvgIpc) is 1.82. The van der Waals surface area contributed by atoms with Gasteiger partial charge >= 0.3 is 0 Å². The number of amides is 1. The van der Waals surface area contributed by atoms with Gasteiger partial charge in [-0.1, -0.05) is 6.58 Å². The summed E-state index contributed by atoms with van der Waals surface area (Å²) in [7, 11) is -3.67. The third kappa shape index (κ3) is 35.3. The Morgan fingerprint density at radius 3 is 1.92 bits per heavy atom. The van der Waals surface area contributed by atoms with Crippen molar-refractivity contribution < 1.29 is 17.8 Å². The minimum Gasteiger partial charge on any atom is -0.350 e. The third-order valence-electron chi connectivity index (χ3n) is 0.616. The van der Waals surface area contributed by atoms with Crippen LogP contribution >= 0.6 is 0 Å². The first-order valence-corrected chi connectivity index (χ1v) is 5.37. The summed E-state index contributed by atoms with van der Waals surface area (Å²) >= 11 is 0. The number of carbonyl (C=O) groups excluding carboxylic acids is 1. The van der Waals surface area contributed by atoms with Gasteiger partial charge in [0.05, 0.1) is 6.26 Å². The van der Waals surface area contributed by atoms with Crippen molar-refractivity contribution in [2.24, 2.45) is 0 Å². The van der Waals surface area contributed by atoms with Gasteiger partial charge in [-0.3, -0.25) is 9.35 Å². The summed E-state index contributed by atoms with van der Waals surface area (Å²) < 4.78 is 25.9. The second kappa shape index (κ2) is 6.62. The Kier molecular flexibility index (Phi) is 7.45. The largest absolute Gasteiger partial charge is 0.350 e. The van der Waals surface area contributed by atoms with Crippen molar-refractivity contribution in [2.45, 2.75) is 19.9 Å². The van der Waals surface area contributed by atoms with Gasteiger partial charge in [0.25, 0.3) is 10.1 Å². The van der Waals surface area contributed by atoms with Crippen LogP contribution in [0.25, 0.3) is 0 Å². The number of nitrogens with one attached hydrogen (secondary N) is 1. The molecule has 0 bridgehead atoms. The molecule has 0 aliphatic heterocycles. The first-order chi connectivity index (χ1) is 5.66. The Bertz CT molecular complexity index is 248. The SMILES string of the molecule is C=CC(=O)NC(C)C.CS(=O)(=O)O. The molecule has 0 unspecified atom stereocenters. The van der Waals surface area contributed by atoms with E-state index in [0.717, 1.165) is 0 Å². The highest BCUT2D eigenvalue weighted by Gasteiger charge is 1.93. The van der Waals surface area contributed by atoms with E-state index in [1.54, 1.807) is 0 Å². The highest BCUT2D eigenvalue weighted by molar-refractivity contribution is 7.85. The van der Waals surface area contributed by atoms with Crippen LogP contribution in [0.2, 0.25) is 0 Å². The van der Waals surface area contributed by atoms with Crippen LogP contribution in [0, 0.1) is 0 Å². The van der Waals surface area contributed by atoms with Crippen molar-refractivity contribution in [1.29, 1.82) is 0 Å². The molecule has 0 atom stereocenters. The van der Waals surface area contributed by atoms with Crippen LogP contribution in [0.1, 0.15) is 13.8 Å². The molecule has 0 aromatic carbocycles. The molecule has 5 nitrogen and oxygen atoms in total. The lowest BCUT2D eigenvalue weighted by Crippen LogP contribution is -2.27. The first-order valence-electron chi connectivity index (χ1n) is 3.52. The van der Waals surface area contributed by atoms with Crippen LogP contribution in [-0.2, 0) is 14.9 Å². The molecular weight excluding hydrogens is 194 g/mol. The van der Waals surface area contributed by atoms with Gasteiger partial charge in [0, 0.05) is 6.04 Å². The minimum atomic E-state index is -3.67. The summed E-state index contributed by atoms with van der Waals surface area (Å²) in [4.78, 5) is 10.4. The minimum absolute atomic E-state index is 0.111. The van der Waals surface area contributed by atoms with Crippen molar-refractivity contribution in [3.63, 3.8) is 0 Å². The average molecular weight is 209 g/mol. The monoisotopic (exact) mass is 209 g/mol. The molecule has 0 fully saturated rings. The maximum atomic E-state index is 10.4. The van der Waals surface area contributed by atoms with E-state index in [1.807, 2.05) is 13.8 Å². The van der Waals surface area contributed by atoms with Gasteiger partial charge in [-0.2, -0.15) is 8.42 Å². The van der Waals surface area contributed by atoms with Crippen molar-refractivity contribution in [3.05, 3.63) is 12.7 Å². The maximum Gasteiger partial charge on any atom is 0.261 e. The molecule has 0 spiro atoms. The van der Waals surface area contributed by atoms with E-state index in [-0.39, 0.29) is 11.9 Å². The van der Waals surface area contributed by atoms with Crippen molar-refractivity contribution >= 4 is 16.0 Å². The van der Waals surface area contributed by atoms with Crippen LogP contribution in [0.5, 0.6) is 0 Å². The summed E-state index contributed by atoms with van der Waals surface area (Å²) in [5.74, 6) is -0.111. The van der Waals surface area contributed by atoms with Gasteiger partial charge in [0.2, 0.25) is 5.91 Å². The lowest BCUT2D eigenvalue weighted by atomic mass is 10.4. The number of hydrogen-bond donors (Lipinski definition) is 2. The van der Waals surface area contributed by atoms with E-state index in [1.165, 1.54) is 6.08 Å². The molecular formula is C7H15NO4S. The number of rotatable bonds is 2. The van der Waals surface area contributed by atoms with Gasteiger partial charge in [0.1, 0.15) is 0 Å². The standard InChI is InChI=1S/C6H11NO.CH4O3S/c1-4-6(8)7-5(2)3;1-5(2,3)4/h4-5H,1H2,2-3H3,(H,7,8);1H3,(H,2,3,4). The van der Waals surface area contributed by atoms with Gasteiger partial charge < -0.3 is 5.32 Å². The molecule has 13 heavy (non-hydrogen) atoms. The molecule has 0 aromatic heterocycles.